The Morgan fingerprint density at radius 3 is 2.50 bits per heavy atom. The van der Waals surface area contributed by atoms with Crippen LogP contribution in [-0.4, -0.2) is 13.1 Å². The third-order valence-electron chi connectivity index (χ3n) is 2.48. The highest BCUT2D eigenvalue weighted by Crippen LogP contribution is 2.44. The predicted molar refractivity (Wildman–Crippen MR) is 45.0 cm³/mol. The lowest BCUT2D eigenvalue weighted by Crippen LogP contribution is -2.41. The Balaban J connectivity index is 2.15. The maximum atomic E-state index is 3.41. The molecule has 0 aliphatic heterocycles. The monoisotopic (exact) mass is 141 g/mol. The summed E-state index contributed by atoms with van der Waals surface area (Å²) in [7, 11) is 0. The first-order chi connectivity index (χ1) is 4.66. The molecule has 1 aliphatic carbocycles. The molecule has 1 aliphatic rings. The van der Waals surface area contributed by atoms with Crippen LogP contribution in [0.2, 0.25) is 0 Å². The van der Waals surface area contributed by atoms with Gasteiger partial charge in [-0.25, -0.2) is 0 Å². The topological polar surface area (TPSA) is 12.0 Å². The van der Waals surface area contributed by atoms with Gasteiger partial charge < -0.3 is 5.32 Å². The maximum Gasteiger partial charge on any atom is 0.000525 e. The smallest absolute Gasteiger partial charge is 0.000525 e. The Bertz CT molecular complexity index is 103. The zero-order valence-corrected chi connectivity index (χ0v) is 7.41. The van der Waals surface area contributed by atoms with Crippen molar-refractivity contribution >= 4 is 0 Å². The van der Waals surface area contributed by atoms with E-state index in [2.05, 4.69) is 26.1 Å². The summed E-state index contributed by atoms with van der Waals surface area (Å²) < 4.78 is 0. The third kappa shape index (κ3) is 1.72. The van der Waals surface area contributed by atoms with Crippen molar-refractivity contribution in [1.82, 2.24) is 5.32 Å². The zero-order chi connectivity index (χ0) is 7.61. The minimum Gasteiger partial charge on any atom is -0.316 e. The van der Waals surface area contributed by atoms with Gasteiger partial charge in [-0.3, -0.25) is 0 Å². The van der Waals surface area contributed by atoms with E-state index >= 15 is 0 Å². The molecule has 0 aromatic heterocycles. The van der Waals surface area contributed by atoms with Gasteiger partial charge in [0.25, 0.3) is 0 Å². The SMILES string of the molecule is CCNCC1(C)CC(C)C1. The average Bonchev–Trinajstić information content (AvgIpc) is 1.81. The fraction of sp³-hybridized carbons (Fsp3) is 1.00. The number of hydrogen-bond acceptors (Lipinski definition) is 1. The van der Waals surface area contributed by atoms with Gasteiger partial charge in [0.05, 0.1) is 0 Å². The van der Waals surface area contributed by atoms with Gasteiger partial charge in [0.1, 0.15) is 0 Å². The molecule has 1 fully saturated rings. The van der Waals surface area contributed by atoms with E-state index in [1.807, 2.05) is 0 Å². The van der Waals surface area contributed by atoms with Crippen molar-refractivity contribution < 1.29 is 0 Å². The normalized spacial score (nSPS) is 39.3. The molecule has 1 heteroatoms. The molecule has 0 aromatic rings. The minimum atomic E-state index is 0.634. The molecule has 1 nitrogen and oxygen atoms in total. The molecule has 0 spiro atoms. The van der Waals surface area contributed by atoms with E-state index < -0.39 is 0 Å². The van der Waals surface area contributed by atoms with Crippen LogP contribution in [0.4, 0.5) is 0 Å². The van der Waals surface area contributed by atoms with Gasteiger partial charge in [-0.1, -0.05) is 20.8 Å². The van der Waals surface area contributed by atoms with Crippen molar-refractivity contribution in [3.8, 4) is 0 Å². The van der Waals surface area contributed by atoms with Gasteiger partial charge in [-0.05, 0) is 30.7 Å². The Morgan fingerprint density at radius 1 is 1.50 bits per heavy atom. The van der Waals surface area contributed by atoms with Crippen LogP contribution < -0.4 is 5.32 Å². The summed E-state index contributed by atoms with van der Waals surface area (Å²) in [6.07, 6.45) is 2.83. The first-order valence-electron chi connectivity index (χ1n) is 4.37. The lowest BCUT2D eigenvalue weighted by atomic mass is 9.64. The molecule has 0 bridgehead atoms. The van der Waals surface area contributed by atoms with E-state index in [1.165, 1.54) is 19.4 Å². The third-order valence-corrected chi connectivity index (χ3v) is 2.48. The lowest BCUT2D eigenvalue weighted by molar-refractivity contribution is 0.0878. The molecule has 1 rings (SSSR count). The maximum absolute atomic E-state index is 3.41. The molecule has 0 saturated heterocycles. The van der Waals surface area contributed by atoms with Gasteiger partial charge in [0.15, 0.2) is 0 Å². The van der Waals surface area contributed by atoms with Crippen LogP contribution in [0.15, 0.2) is 0 Å². The largest absolute Gasteiger partial charge is 0.316 e. The predicted octanol–water partition coefficient (Wildman–Crippen LogP) is 2.03. The van der Waals surface area contributed by atoms with E-state index in [0.717, 1.165) is 12.5 Å². The minimum absolute atomic E-state index is 0.634. The molecule has 1 N–H and O–H groups in total. The Morgan fingerprint density at radius 2 is 2.10 bits per heavy atom. The molecule has 0 radical (unpaired) electrons. The molecule has 0 amide bonds. The Labute approximate surface area is 64.2 Å². The van der Waals surface area contributed by atoms with Crippen molar-refractivity contribution in [3.63, 3.8) is 0 Å². The highest BCUT2D eigenvalue weighted by atomic mass is 14.9. The quantitative estimate of drug-likeness (QED) is 0.634. The molecule has 1 saturated carbocycles. The second-order valence-electron chi connectivity index (χ2n) is 4.10. The zero-order valence-electron chi connectivity index (χ0n) is 7.41. The highest BCUT2D eigenvalue weighted by molar-refractivity contribution is 4.89. The standard InChI is InChI=1S/C9H19N/c1-4-10-7-9(3)5-8(2)6-9/h8,10H,4-7H2,1-3H3. The van der Waals surface area contributed by atoms with E-state index in [4.69, 9.17) is 0 Å². The Kier molecular flexibility index (Phi) is 2.35. The molecular weight excluding hydrogens is 122 g/mol. The van der Waals surface area contributed by atoms with Crippen LogP contribution in [0.25, 0.3) is 0 Å². The summed E-state index contributed by atoms with van der Waals surface area (Å²) in [5.41, 5.74) is 0.634. The summed E-state index contributed by atoms with van der Waals surface area (Å²) in [5.74, 6) is 0.976. The van der Waals surface area contributed by atoms with Crippen LogP contribution in [-0.2, 0) is 0 Å². The summed E-state index contributed by atoms with van der Waals surface area (Å²) in [5, 5.41) is 3.41. The fourth-order valence-corrected chi connectivity index (χ4v) is 2.19. The molecule has 0 unspecified atom stereocenters. The van der Waals surface area contributed by atoms with Crippen molar-refractivity contribution in [3.05, 3.63) is 0 Å². The average molecular weight is 141 g/mol. The second-order valence-corrected chi connectivity index (χ2v) is 4.10. The number of nitrogens with one attached hydrogen (secondary N) is 1. The molecular formula is C9H19N. The second kappa shape index (κ2) is 2.91. The summed E-state index contributed by atoms with van der Waals surface area (Å²) in [6.45, 7) is 9.23. The number of rotatable bonds is 3. The Hall–Kier alpha value is -0.0400. The van der Waals surface area contributed by atoms with E-state index in [-0.39, 0.29) is 0 Å². The van der Waals surface area contributed by atoms with Crippen LogP contribution in [0.5, 0.6) is 0 Å². The molecule has 0 atom stereocenters. The van der Waals surface area contributed by atoms with Gasteiger partial charge in [-0.2, -0.15) is 0 Å². The fourth-order valence-electron chi connectivity index (χ4n) is 2.19. The molecule has 10 heavy (non-hydrogen) atoms. The molecule has 0 aromatic carbocycles. The first-order valence-corrected chi connectivity index (χ1v) is 4.37. The van der Waals surface area contributed by atoms with Crippen molar-refractivity contribution in [2.45, 2.75) is 33.6 Å². The number of hydrogen-bond donors (Lipinski definition) is 1. The molecule has 0 heterocycles. The van der Waals surface area contributed by atoms with Gasteiger partial charge in [0.2, 0.25) is 0 Å². The highest BCUT2D eigenvalue weighted by Gasteiger charge is 2.36. The summed E-state index contributed by atoms with van der Waals surface area (Å²) in [6, 6.07) is 0. The van der Waals surface area contributed by atoms with Crippen molar-refractivity contribution in [2.24, 2.45) is 11.3 Å². The van der Waals surface area contributed by atoms with Crippen LogP contribution in [0, 0.1) is 11.3 Å². The lowest BCUT2D eigenvalue weighted by Gasteiger charge is -2.44. The van der Waals surface area contributed by atoms with Gasteiger partial charge in [0, 0.05) is 6.54 Å². The van der Waals surface area contributed by atoms with Crippen LogP contribution in [0.3, 0.4) is 0 Å². The van der Waals surface area contributed by atoms with E-state index in [9.17, 15) is 0 Å². The summed E-state index contributed by atoms with van der Waals surface area (Å²) >= 11 is 0. The molecule has 60 valence electrons. The first kappa shape index (κ1) is 8.06. The van der Waals surface area contributed by atoms with Crippen LogP contribution in [0.1, 0.15) is 33.6 Å². The van der Waals surface area contributed by atoms with E-state index in [1.54, 1.807) is 0 Å². The van der Waals surface area contributed by atoms with E-state index in [0.29, 0.717) is 5.41 Å². The van der Waals surface area contributed by atoms with Crippen LogP contribution >= 0.6 is 0 Å². The van der Waals surface area contributed by atoms with Gasteiger partial charge in [-0.15, -0.1) is 0 Å². The van der Waals surface area contributed by atoms with Crippen molar-refractivity contribution in [1.29, 1.82) is 0 Å². The van der Waals surface area contributed by atoms with Crippen molar-refractivity contribution in [2.75, 3.05) is 13.1 Å². The summed E-state index contributed by atoms with van der Waals surface area (Å²) in [4.78, 5) is 0. The van der Waals surface area contributed by atoms with Gasteiger partial charge >= 0.3 is 0 Å².